The van der Waals surface area contributed by atoms with Crippen molar-refractivity contribution in [1.82, 2.24) is 10.6 Å². The van der Waals surface area contributed by atoms with Crippen molar-refractivity contribution in [2.75, 3.05) is 0 Å². The fourth-order valence-corrected chi connectivity index (χ4v) is 1.54. The van der Waals surface area contributed by atoms with Gasteiger partial charge >= 0.3 is 12.0 Å². The topological polar surface area (TPSA) is 78.4 Å². The predicted molar refractivity (Wildman–Crippen MR) is 68.0 cm³/mol. The van der Waals surface area contributed by atoms with Crippen LogP contribution < -0.4 is 10.6 Å². The Morgan fingerprint density at radius 2 is 1.90 bits per heavy atom. The minimum Gasteiger partial charge on any atom is -0.480 e. The molecule has 0 heterocycles. The summed E-state index contributed by atoms with van der Waals surface area (Å²) in [4.78, 5) is 22.4. The first-order valence-corrected chi connectivity index (χ1v) is 6.02. The molecule has 0 fully saturated rings. The Hall–Kier alpha value is -2.18. The number of hydrogen-bond donors (Lipinski definition) is 3. The summed E-state index contributed by atoms with van der Waals surface area (Å²) >= 11 is 0. The number of nitrogens with one attached hydrogen (secondary N) is 2. The van der Waals surface area contributed by atoms with E-state index in [9.17, 15) is 18.4 Å². The van der Waals surface area contributed by atoms with E-state index >= 15 is 0 Å². The number of amides is 2. The molecular weight excluding hydrogens is 270 g/mol. The monoisotopic (exact) mass is 286 g/mol. The van der Waals surface area contributed by atoms with Crippen molar-refractivity contribution in [3.63, 3.8) is 0 Å². The summed E-state index contributed by atoms with van der Waals surface area (Å²) in [5, 5.41) is 13.6. The van der Waals surface area contributed by atoms with Crippen LogP contribution >= 0.6 is 0 Å². The maximum Gasteiger partial charge on any atom is 0.326 e. The summed E-state index contributed by atoms with van der Waals surface area (Å²) in [5.41, 5.74) is 0.371. The van der Waals surface area contributed by atoms with Crippen molar-refractivity contribution in [3.8, 4) is 0 Å². The second-order valence-corrected chi connectivity index (χ2v) is 4.64. The van der Waals surface area contributed by atoms with Gasteiger partial charge < -0.3 is 15.7 Å². The average Bonchev–Trinajstić information content (AvgIpc) is 2.36. The molecular formula is C13H16F2N2O3. The molecule has 110 valence electrons. The molecule has 1 aromatic carbocycles. The van der Waals surface area contributed by atoms with Crippen LogP contribution in [0.3, 0.4) is 0 Å². The van der Waals surface area contributed by atoms with Gasteiger partial charge in [-0.15, -0.1) is 0 Å². The third-order valence-electron chi connectivity index (χ3n) is 2.66. The van der Waals surface area contributed by atoms with Gasteiger partial charge in [0.2, 0.25) is 0 Å². The molecule has 0 saturated heterocycles. The molecule has 1 rings (SSSR count). The highest BCUT2D eigenvalue weighted by molar-refractivity contribution is 5.82. The summed E-state index contributed by atoms with van der Waals surface area (Å²) in [6, 6.07) is 1.55. The number of carboxylic acids is 1. The van der Waals surface area contributed by atoms with E-state index in [1.165, 1.54) is 6.07 Å². The molecule has 1 unspecified atom stereocenters. The average molecular weight is 286 g/mol. The molecule has 7 heteroatoms. The maximum absolute atomic E-state index is 12.9. The zero-order valence-electron chi connectivity index (χ0n) is 11.1. The fraction of sp³-hybridized carbons (Fsp3) is 0.385. The van der Waals surface area contributed by atoms with Gasteiger partial charge in [0.15, 0.2) is 11.6 Å². The largest absolute Gasteiger partial charge is 0.480 e. The van der Waals surface area contributed by atoms with Gasteiger partial charge in [0, 0.05) is 6.54 Å². The van der Waals surface area contributed by atoms with Crippen molar-refractivity contribution in [3.05, 3.63) is 35.4 Å². The second-order valence-electron chi connectivity index (χ2n) is 4.64. The number of carboxylic acid groups (broad SMARTS) is 1. The summed E-state index contributed by atoms with van der Waals surface area (Å²) in [7, 11) is 0. The van der Waals surface area contributed by atoms with Crippen LogP contribution in [0.4, 0.5) is 13.6 Å². The van der Waals surface area contributed by atoms with Crippen LogP contribution in [0.25, 0.3) is 0 Å². The van der Waals surface area contributed by atoms with Crippen LogP contribution in [-0.2, 0) is 11.3 Å². The third kappa shape index (κ3) is 4.49. The molecule has 0 spiro atoms. The maximum atomic E-state index is 12.9. The lowest BCUT2D eigenvalue weighted by atomic mass is 10.1. The number of benzene rings is 1. The van der Waals surface area contributed by atoms with Crippen LogP contribution in [0, 0.1) is 17.6 Å². The van der Waals surface area contributed by atoms with E-state index < -0.39 is 29.7 Å². The van der Waals surface area contributed by atoms with Gasteiger partial charge in [0.05, 0.1) is 0 Å². The summed E-state index contributed by atoms with van der Waals surface area (Å²) in [6.07, 6.45) is 0. The minimum atomic E-state index is -1.14. The van der Waals surface area contributed by atoms with Gasteiger partial charge in [-0.25, -0.2) is 18.4 Å². The smallest absolute Gasteiger partial charge is 0.326 e. The van der Waals surface area contributed by atoms with Gasteiger partial charge in [0.25, 0.3) is 0 Å². The standard InChI is InChI=1S/C13H16F2N2O3/c1-7(2)11(12(18)19)17-13(20)16-6-8-3-4-9(14)10(15)5-8/h3-5,7,11H,6H2,1-2H3,(H,18,19)(H2,16,17,20). The highest BCUT2D eigenvalue weighted by Gasteiger charge is 2.23. The zero-order valence-corrected chi connectivity index (χ0v) is 11.1. The highest BCUT2D eigenvalue weighted by atomic mass is 19.2. The highest BCUT2D eigenvalue weighted by Crippen LogP contribution is 2.08. The van der Waals surface area contributed by atoms with Gasteiger partial charge in [-0.2, -0.15) is 0 Å². The molecule has 0 aliphatic carbocycles. The van der Waals surface area contributed by atoms with Crippen LogP contribution in [0.5, 0.6) is 0 Å². The number of hydrogen-bond acceptors (Lipinski definition) is 2. The molecule has 2 amide bonds. The Kier molecular flexibility index (Phi) is 5.42. The Labute approximate surface area is 115 Å². The Balaban J connectivity index is 2.54. The van der Waals surface area contributed by atoms with Crippen molar-refractivity contribution in [2.45, 2.75) is 26.4 Å². The third-order valence-corrected chi connectivity index (χ3v) is 2.66. The summed E-state index contributed by atoms with van der Waals surface area (Å²) < 4.78 is 25.7. The second kappa shape index (κ2) is 6.83. The first kappa shape index (κ1) is 15.9. The van der Waals surface area contributed by atoms with Gasteiger partial charge in [-0.1, -0.05) is 19.9 Å². The van der Waals surface area contributed by atoms with E-state index in [4.69, 9.17) is 5.11 Å². The Morgan fingerprint density at radius 1 is 1.25 bits per heavy atom. The van der Waals surface area contributed by atoms with Crippen molar-refractivity contribution >= 4 is 12.0 Å². The first-order chi connectivity index (χ1) is 9.31. The summed E-state index contributed by atoms with van der Waals surface area (Å²) in [6.45, 7) is 3.29. The van der Waals surface area contributed by atoms with Crippen molar-refractivity contribution < 1.29 is 23.5 Å². The van der Waals surface area contributed by atoms with Crippen LogP contribution in [-0.4, -0.2) is 23.1 Å². The predicted octanol–water partition coefficient (Wildman–Crippen LogP) is 1.87. The van der Waals surface area contributed by atoms with Gasteiger partial charge in [0.1, 0.15) is 6.04 Å². The van der Waals surface area contributed by atoms with E-state index in [-0.39, 0.29) is 12.5 Å². The number of aliphatic carboxylic acids is 1. The lowest BCUT2D eigenvalue weighted by Gasteiger charge is -2.18. The molecule has 0 bridgehead atoms. The van der Waals surface area contributed by atoms with E-state index in [1.807, 2.05) is 0 Å². The quantitative estimate of drug-likeness (QED) is 0.773. The van der Waals surface area contributed by atoms with Crippen molar-refractivity contribution in [2.24, 2.45) is 5.92 Å². The van der Waals surface area contributed by atoms with E-state index in [2.05, 4.69) is 10.6 Å². The van der Waals surface area contributed by atoms with Crippen molar-refractivity contribution in [1.29, 1.82) is 0 Å². The van der Waals surface area contributed by atoms with Gasteiger partial charge in [-0.3, -0.25) is 0 Å². The minimum absolute atomic E-state index is 0.0343. The van der Waals surface area contributed by atoms with E-state index in [0.29, 0.717) is 5.56 Å². The fourth-order valence-electron chi connectivity index (χ4n) is 1.54. The Bertz CT molecular complexity index is 506. The number of rotatable bonds is 5. The molecule has 0 aromatic heterocycles. The SMILES string of the molecule is CC(C)C(NC(=O)NCc1ccc(F)c(F)c1)C(=O)O. The molecule has 0 aliphatic rings. The molecule has 1 aromatic rings. The molecule has 3 N–H and O–H groups in total. The number of carbonyl (C=O) groups is 2. The van der Waals surface area contributed by atoms with Gasteiger partial charge in [-0.05, 0) is 23.6 Å². The summed E-state index contributed by atoms with van der Waals surface area (Å²) in [5.74, 6) is -3.39. The molecule has 5 nitrogen and oxygen atoms in total. The lowest BCUT2D eigenvalue weighted by Crippen LogP contribution is -2.48. The first-order valence-electron chi connectivity index (χ1n) is 6.02. The normalized spacial score (nSPS) is 12.1. The zero-order chi connectivity index (χ0) is 15.3. The molecule has 0 saturated carbocycles. The molecule has 0 aliphatic heterocycles. The number of urea groups is 1. The lowest BCUT2D eigenvalue weighted by molar-refractivity contribution is -0.140. The van der Waals surface area contributed by atoms with E-state index in [1.54, 1.807) is 13.8 Å². The molecule has 1 atom stereocenters. The molecule has 0 radical (unpaired) electrons. The number of carbonyl (C=O) groups excluding carboxylic acids is 1. The van der Waals surface area contributed by atoms with Crippen LogP contribution in [0.2, 0.25) is 0 Å². The van der Waals surface area contributed by atoms with Crippen LogP contribution in [0.15, 0.2) is 18.2 Å². The van der Waals surface area contributed by atoms with Crippen LogP contribution in [0.1, 0.15) is 19.4 Å². The number of halogens is 2. The molecule has 20 heavy (non-hydrogen) atoms. The van der Waals surface area contributed by atoms with E-state index in [0.717, 1.165) is 12.1 Å². The Morgan fingerprint density at radius 3 is 2.40 bits per heavy atom.